The summed E-state index contributed by atoms with van der Waals surface area (Å²) in [7, 11) is 0.311. The molecule has 0 radical (unpaired) electrons. The van der Waals surface area contributed by atoms with Crippen LogP contribution in [0.5, 0.6) is 0 Å². The molecule has 0 saturated carbocycles. The summed E-state index contributed by atoms with van der Waals surface area (Å²) in [4.78, 5) is 11.2. The Balaban J connectivity index is 3.53. The number of H-pyrrole nitrogens is 1. The van der Waals surface area contributed by atoms with Gasteiger partial charge >= 0.3 is 0 Å². The smallest absolute Gasteiger partial charge is 0.281 e. The summed E-state index contributed by atoms with van der Waals surface area (Å²) in [6, 6.07) is 0.155. The second-order valence-corrected chi connectivity index (χ2v) is 5.00. The Hall–Kier alpha value is -1.02. The fraction of sp³-hybridized carbons (Fsp3) is 0.167. The molecule has 0 aliphatic carbocycles. The van der Waals surface area contributed by atoms with E-state index < -0.39 is 37.4 Å². The van der Waals surface area contributed by atoms with Gasteiger partial charge in [0.2, 0.25) is 0 Å². The van der Waals surface area contributed by atoms with Gasteiger partial charge in [-0.05, 0) is 0 Å². The molecule has 0 aliphatic heterocycles. The Kier molecular flexibility index (Phi) is 3.10. The van der Waals surface area contributed by atoms with Crippen LogP contribution in [0.15, 0.2) is 15.8 Å². The second kappa shape index (κ2) is 3.86. The summed E-state index contributed by atoms with van der Waals surface area (Å²) in [5.74, 6) is -1.54. The normalized spacial score (nSPS) is 12.1. The van der Waals surface area contributed by atoms with Crippen molar-refractivity contribution in [2.45, 2.75) is 11.3 Å². The van der Waals surface area contributed by atoms with Crippen LogP contribution in [-0.2, 0) is 9.05 Å². The number of pyridine rings is 1. The Bertz CT molecular complexity index is 539. The zero-order chi connectivity index (χ0) is 11.8. The first kappa shape index (κ1) is 12.1. The highest BCUT2D eigenvalue weighted by Gasteiger charge is 2.22. The van der Waals surface area contributed by atoms with Crippen LogP contribution in [0.25, 0.3) is 0 Å². The monoisotopic (exact) mass is 261 g/mol. The van der Waals surface area contributed by atoms with Crippen LogP contribution in [0.1, 0.15) is 12.1 Å². The highest BCUT2D eigenvalue weighted by Crippen LogP contribution is 2.20. The van der Waals surface area contributed by atoms with Gasteiger partial charge in [0.1, 0.15) is 11.5 Å². The zero-order valence-corrected chi connectivity index (χ0v) is 8.37. The zero-order valence-electron chi connectivity index (χ0n) is 6.80. The van der Waals surface area contributed by atoms with Crippen LogP contribution < -0.4 is 5.56 Å². The molecule has 0 aliphatic rings. The van der Waals surface area contributed by atoms with Crippen molar-refractivity contribution < 1.29 is 21.6 Å². The molecule has 4 nitrogen and oxygen atoms in total. The first-order chi connectivity index (χ1) is 6.73. The van der Waals surface area contributed by atoms with E-state index in [0.717, 1.165) is 0 Å². The molecule has 0 fully saturated rings. The van der Waals surface area contributed by atoms with Crippen molar-refractivity contribution in [3.05, 3.63) is 27.9 Å². The van der Waals surface area contributed by atoms with Crippen LogP contribution in [0.4, 0.5) is 13.2 Å². The van der Waals surface area contributed by atoms with Crippen molar-refractivity contribution >= 4 is 19.7 Å². The summed E-state index contributed by atoms with van der Waals surface area (Å²) in [6.45, 7) is 0. The molecule has 1 N–H and O–H groups in total. The predicted molar refractivity (Wildman–Crippen MR) is 45.0 cm³/mol. The third kappa shape index (κ3) is 2.51. The van der Waals surface area contributed by atoms with Gasteiger partial charge in [0.15, 0.2) is 4.90 Å². The molecule has 0 saturated heterocycles. The maximum Gasteiger partial charge on any atom is 0.281 e. The SMILES string of the molecule is O=c1[nH]c(C(F)F)c(F)cc1S(=O)(=O)Cl. The van der Waals surface area contributed by atoms with Crippen LogP contribution in [-0.4, -0.2) is 13.4 Å². The quantitative estimate of drug-likeness (QED) is 0.818. The molecule has 1 heterocycles. The lowest BCUT2D eigenvalue weighted by molar-refractivity contribution is 0.140. The van der Waals surface area contributed by atoms with E-state index in [-0.39, 0.29) is 6.07 Å². The standard InChI is InChI=1S/C6H3ClF3NO3S/c7-15(13,14)3-1-2(8)4(5(9)10)11-6(3)12/h1,5H,(H,11,12). The summed E-state index contributed by atoms with van der Waals surface area (Å²) in [6.07, 6.45) is -3.25. The van der Waals surface area contributed by atoms with Crippen molar-refractivity contribution in [3.8, 4) is 0 Å². The largest absolute Gasteiger partial charge is 0.317 e. The lowest BCUT2D eigenvalue weighted by Gasteiger charge is -2.02. The average Bonchev–Trinajstić information content (AvgIpc) is 2.06. The minimum Gasteiger partial charge on any atom is -0.317 e. The van der Waals surface area contributed by atoms with Crippen LogP contribution in [0.2, 0.25) is 0 Å². The van der Waals surface area contributed by atoms with E-state index >= 15 is 0 Å². The molecule has 1 aromatic heterocycles. The number of hydrogen-bond donors (Lipinski definition) is 1. The highest BCUT2D eigenvalue weighted by molar-refractivity contribution is 8.13. The molecule has 0 aromatic carbocycles. The maximum atomic E-state index is 12.8. The fourth-order valence-electron chi connectivity index (χ4n) is 0.842. The molecule has 15 heavy (non-hydrogen) atoms. The molecule has 84 valence electrons. The van der Waals surface area contributed by atoms with Gasteiger partial charge in [-0.3, -0.25) is 4.79 Å². The Morgan fingerprint density at radius 3 is 2.33 bits per heavy atom. The number of halogens is 4. The van der Waals surface area contributed by atoms with Gasteiger partial charge in [-0.25, -0.2) is 21.6 Å². The molecule has 1 rings (SSSR count). The van der Waals surface area contributed by atoms with Crippen LogP contribution in [0.3, 0.4) is 0 Å². The molecule has 0 spiro atoms. The van der Waals surface area contributed by atoms with E-state index in [1.165, 1.54) is 4.98 Å². The predicted octanol–water partition coefficient (Wildman–Crippen LogP) is 1.38. The van der Waals surface area contributed by atoms with Gasteiger partial charge in [-0.2, -0.15) is 0 Å². The van der Waals surface area contributed by atoms with Gasteiger partial charge in [0, 0.05) is 16.7 Å². The molecule has 0 atom stereocenters. The topological polar surface area (TPSA) is 67.0 Å². The Morgan fingerprint density at radius 2 is 1.93 bits per heavy atom. The van der Waals surface area contributed by atoms with E-state index in [1.807, 2.05) is 0 Å². The van der Waals surface area contributed by atoms with Gasteiger partial charge in [0.05, 0.1) is 0 Å². The first-order valence-electron chi connectivity index (χ1n) is 3.39. The summed E-state index contributed by atoms with van der Waals surface area (Å²) >= 11 is 0. The van der Waals surface area contributed by atoms with Crippen molar-refractivity contribution in [1.29, 1.82) is 0 Å². The molecular formula is C6H3ClF3NO3S. The molecule has 0 amide bonds. The van der Waals surface area contributed by atoms with Crippen molar-refractivity contribution in [3.63, 3.8) is 0 Å². The first-order valence-corrected chi connectivity index (χ1v) is 5.70. The van der Waals surface area contributed by atoms with E-state index in [9.17, 15) is 26.4 Å². The second-order valence-electron chi connectivity index (χ2n) is 2.46. The average molecular weight is 262 g/mol. The van der Waals surface area contributed by atoms with E-state index in [1.54, 1.807) is 0 Å². The minimum absolute atomic E-state index is 0.155. The van der Waals surface area contributed by atoms with Crippen LogP contribution in [0, 0.1) is 5.82 Å². The summed E-state index contributed by atoms with van der Waals surface area (Å²) in [5, 5.41) is 0. The summed E-state index contributed by atoms with van der Waals surface area (Å²) < 4.78 is 58.3. The third-order valence-corrected chi connectivity index (χ3v) is 2.80. The number of aromatic nitrogens is 1. The highest BCUT2D eigenvalue weighted by atomic mass is 35.7. The van der Waals surface area contributed by atoms with Crippen molar-refractivity contribution in [2.75, 3.05) is 0 Å². The summed E-state index contributed by atoms with van der Waals surface area (Å²) in [5.41, 5.74) is -2.66. The van der Waals surface area contributed by atoms with Gasteiger partial charge in [-0.15, -0.1) is 0 Å². The number of alkyl halides is 2. The van der Waals surface area contributed by atoms with Gasteiger partial charge in [-0.1, -0.05) is 0 Å². The van der Waals surface area contributed by atoms with Gasteiger partial charge in [0.25, 0.3) is 21.0 Å². The van der Waals surface area contributed by atoms with E-state index in [0.29, 0.717) is 0 Å². The number of rotatable bonds is 2. The molecule has 1 aromatic rings. The van der Waals surface area contributed by atoms with E-state index in [2.05, 4.69) is 0 Å². The molecular weight excluding hydrogens is 259 g/mol. The number of hydrogen-bond acceptors (Lipinski definition) is 3. The minimum atomic E-state index is -4.45. The molecule has 0 bridgehead atoms. The lowest BCUT2D eigenvalue weighted by Crippen LogP contribution is -2.18. The number of nitrogens with one attached hydrogen (secondary N) is 1. The third-order valence-electron chi connectivity index (χ3n) is 1.47. The van der Waals surface area contributed by atoms with Crippen molar-refractivity contribution in [1.82, 2.24) is 4.98 Å². The Labute approximate surface area is 86.1 Å². The maximum absolute atomic E-state index is 12.8. The molecule has 0 unspecified atom stereocenters. The fourth-order valence-corrected chi connectivity index (χ4v) is 1.70. The Morgan fingerprint density at radius 1 is 1.40 bits per heavy atom. The van der Waals surface area contributed by atoms with Crippen LogP contribution >= 0.6 is 10.7 Å². The number of aromatic amines is 1. The molecule has 9 heteroatoms. The van der Waals surface area contributed by atoms with Crippen molar-refractivity contribution in [2.24, 2.45) is 0 Å². The van der Waals surface area contributed by atoms with Gasteiger partial charge < -0.3 is 4.98 Å². The van der Waals surface area contributed by atoms with E-state index in [4.69, 9.17) is 10.7 Å². The lowest BCUT2D eigenvalue weighted by atomic mass is 10.3.